The van der Waals surface area contributed by atoms with E-state index in [1.54, 1.807) is 11.6 Å². The Balaban J connectivity index is 0.000000561. The molecule has 0 aliphatic rings. The number of nitrogens with zero attached hydrogens (tertiary/aromatic N) is 2. The normalized spacial score (nSPS) is 8.67. The summed E-state index contributed by atoms with van der Waals surface area (Å²) in [5, 5.41) is 0. The summed E-state index contributed by atoms with van der Waals surface area (Å²) in [5.41, 5.74) is 5.47. The standard InChI is InChI=1S/C6H9N3O.C2H6/c1-4-8-3-5(6(7)10)9(4)2;1-2/h3H,1-2H3,(H2,7,10);1-2H3. The molecule has 1 heterocycles. The van der Waals surface area contributed by atoms with Gasteiger partial charge in [0.15, 0.2) is 0 Å². The van der Waals surface area contributed by atoms with E-state index in [0.717, 1.165) is 5.82 Å². The van der Waals surface area contributed by atoms with Gasteiger partial charge in [-0.2, -0.15) is 0 Å². The van der Waals surface area contributed by atoms with E-state index >= 15 is 0 Å². The number of hydrogen-bond donors (Lipinski definition) is 1. The highest BCUT2D eigenvalue weighted by molar-refractivity contribution is 5.90. The molecule has 0 saturated carbocycles. The highest BCUT2D eigenvalue weighted by Gasteiger charge is 2.06. The molecular weight excluding hydrogens is 154 g/mol. The average Bonchev–Trinajstić information content (AvgIpc) is 2.37. The minimum Gasteiger partial charge on any atom is -0.364 e. The van der Waals surface area contributed by atoms with Gasteiger partial charge in [-0.3, -0.25) is 4.79 Å². The molecule has 2 N–H and O–H groups in total. The fourth-order valence-electron chi connectivity index (χ4n) is 0.731. The Hall–Kier alpha value is -1.32. The number of amides is 1. The molecule has 68 valence electrons. The van der Waals surface area contributed by atoms with Gasteiger partial charge in [-0.05, 0) is 6.92 Å². The van der Waals surface area contributed by atoms with E-state index in [4.69, 9.17) is 5.73 Å². The van der Waals surface area contributed by atoms with Gasteiger partial charge in [0.1, 0.15) is 11.5 Å². The minimum atomic E-state index is -0.442. The fraction of sp³-hybridized carbons (Fsp3) is 0.500. The van der Waals surface area contributed by atoms with Gasteiger partial charge in [-0.1, -0.05) is 13.8 Å². The first kappa shape index (κ1) is 10.7. The van der Waals surface area contributed by atoms with Gasteiger partial charge >= 0.3 is 0 Å². The molecule has 0 aromatic carbocycles. The first-order valence-electron chi connectivity index (χ1n) is 3.91. The molecule has 0 fully saturated rings. The predicted octanol–water partition coefficient (Wildman–Crippen LogP) is 0.854. The van der Waals surface area contributed by atoms with Crippen LogP contribution in [0.15, 0.2) is 6.20 Å². The van der Waals surface area contributed by atoms with Crippen molar-refractivity contribution in [3.63, 3.8) is 0 Å². The summed E-state index contributed by atoms with van der Waals surface area (Å²) in [6.45, 7) is 5.81. The average molecular weight is 169 g/mol. The second-order valence-corrected chi connectivity index (χ2v) is 2.11. The number of carbonyl (C=O) groups excluding carboxylic acids is 1. The van der Waals surface area contributed by atoms with Crippen LogP contribution in [0.25, 0.3) is 0 Å². The minimum absolute atomic E-state index is 0.442. The fourth-order valence-corrected chi connectivity index (χ4v) is 0.731. The number of aryl methyl sites for hydroxylation is 1. The molecule has 1 aromatic heterocycles. The van der Waals surface area contributed by atoms with Crippen LogP contribution in [0.2, 0.25) is 0 Å². The van der Waals surface area contributed by atoms with Crippen LogP contribution in [0, 0.1) is 6.92 Å². The molecule has 12 heavy (non-hydrogen) atoms. The second kappa shape index (κ2) is 4.54. The lowest BCUT2D eigenvalue weighted by atomic mass is 10.4. The summed E-state index contributed by atoms with van der Waals surface area (Å²) in [6, 6.07) is 0. The van der Waals surface area contributed by atoms with E-state index in [1.807, 2.05) is 20.8 Å². The number of carbonyl (C=O) groups is 1. The zero-order chi connectivity index (χ0) is 9.72. The maximum Gasteiger partial charge on any atom is 0.266 e. The quantitative estimate of drug-likeness (QED) is 0.677. The van der Waals surface area contributed by atoms with Crippen molar-refractivity contribution in [3.05, 3.63) is 17.7 Å². The summed E-state index contributed by atoms with van der Waals surface area (Å²) in [4.78, 5) is 14.5. The zero-order valence-corrected chi connectivity index (χ0v) is 7.96. The Labute approximate surface area is 72.4 Å². The van der Waals surface area contributed by atoms with E-state index < -0.39 is 5.91 Å². The third-order valence-corrected chi connectivity index (χ3v) is 1.47. The summed E-state index contributed by atoms with van der Waals surface area (Å²) in [7, 11) is 1.75. The molecule has 0 atom stereocenters. The summed E-state index contributed by atoms with van der Waals surface area (Å²) in [5.74, 6) is 0.344. The number of imidazole rings is 1. The van der Waals surface area contributed by atoms with Gasteiger partial charge in [0.2, 0.25) is 0 Å². The predicted molar refractivity (Wildman–Crippen MR) is 47.8 cm³/mol. The molecule has 0 radical (unpaired) electrons. The molecule has 0 bridgehead atoms. The number of aromatic nitrogens is 2. The van der Waals surface area contributed by atoms with Crippen molar-refractivity contribution < 1.29 is 4.79 Å². The van der Waals surface area contributed by atoms with Crippen LogP contribution in [-0.4, -0.2) is 15.5 Å². The Bertz CT molecular complexity index is 265. The van der Waals surface area contributed by atoms with Gasteiger partial charge in [0.25, 0.3) is 5.91 Å². The largest absolute Gasteiger partial charge is 0.364 e. The molecule has 4 heteroatoms. The summed E-state index contributed by atoms with van der Waals surface area (Å²) >= 11 is 0. The van der Waals surface area contributed by atoms with Crippen molar-refractivity contribution in [1.82, 2.24) is 9.55 Å². The monoisotopic (exact) mass is 169 g/mol. The van der Waals surface area contributed by atoms with Crippen LogP contribution in [0.5, 0.6) is 0 Å². The highest BCUT2D eigenvalue weighted by atomic mass is 16.1. The first-order chi connectivity index (χ1) is 5.63. The van der Waals surface area contributed by atoms with Crippen molar-refractivity contribution >= 4 is 5.91 Å². The molecule has 1 amide bonds. The van der Waals surface area contributed by atoms with Gasteiger partial charge in [0.05, 0.1) is 6.20 Å². The second-order valence-electron chi connectivity index (χ2n) is 2.11. The van der Waals surface area contributed by atoms with Crippen molar-refractivity contribution in [1.29, 1.82) is 0 Å². The smallest absolute Gasteiger partial charge is 0.266 e. The zero-order valence-electron chi connectivity index (χ0n) is 7.96. The van der Waals surface area contributed by atoms with Gasteiger partial charge in [-0.25, -0.2) is 4.98 Å². The van der Waals surface area contributed by atoms with Crippen LogP contribution in [0.1, 0.15) is 30.2 Å². The molecule has 1 rings (SSSR count). The van der Waals surface area contributed by atoms with Crippen molar-refractivity contribution in [3.8, 4) is 0 Å². The summed E-state index contributed by atoms with van der Waals surface area (Å²) in [6.07, 6.45) is 1.47. The summed E-state index contributed by atoms with van der Waals surface area (Å²) < 4.78 is 1.66. The van der Waals surface area contributed by atoms with E-state index in [0.29, 0.717) is 5.69 Å². The Morgan fingerprint density at radius 1 is 1.58 bits per heavy atom. The van der Waals surface area contributed by atoms with Crippen LogP contribution >= 0.6 is 0 Å². The van der Waals surface area contributed by atoms with Gasteiger partial charge in [0, 0.05) is 7.05 Å². The van der Waals surface area contributed by atoms with Crippen LogP contribution in [-0.2, 0) is 7.05 Å². The van der Waals surface area contributed by atoms with Gasteiger partial charge < -0.3 is 10.3 Å². The number of rotatable bonds is 1. The SMILES string of the molecule is CC.Cc1ncc(C(N)=O)n1C. The van der Waals surface area contributed by atoms with Crippen LogP contribution in [0.4, 0.5) is 0 Å². The van der Waals surface area contributed by atoms with E-state index in [9.17, 15) is 4.79 Å². The topological polar surface area (TPSA) is 60.9 Å². The molecule has 0 spiro atoms. The maximum absolute atomic E-state index is 10.6. The van der Waals surface area contributed by atoms with E-state index in [-0.39, 0.29) is 0 Å². The molecule has 0 aliphatic heterocycles. The van der Waals surface area contributed by atoms with E-state index in [2.05, 4.69) is 4.98 Å². The lowest BCUT2D eigenvalue weighted by Gasteiger charge is -1.96. The highest BCUT2D eigenvalue weighted by Crippen LogP contribution is 1.98. The van der Waals surface area contributed by atoms with E-state index in [1.165, 1.54) is 6.20 Å². The Morgan fingerprint density at radius 3 is 2.25 bits per heavy atom. The van der Waals surface area contributed by atoms with Gasteiger partial charge in [-0.15, -0.1) is 0 Å². The first-order valence-corrected chi connectivity index (χ1v) is 3.91. The molecule has 4 nitrogen and oxygen atoms in total. The number of hydrogen-bond acceptors (Lipinski definition) is 2. The molecule has 0 unspecified atom stereocenters. The van der Waals surface area contributed by atoms with Crippen LogP contribution < -0.4 is 5.73 Å². The Morgan fingerprint density at radius 2 is 2.08 bits per heavy atom. The van der Waals surface area contributed by atoms with Crippen molar-refractivity contribution in [2.75, 3.05) is 0 Å². The Kier molecular flexibility index (Phi) is 4.04. The molecular formula is C8H15N3O. The third kappa shape index (κ3) is 2.08. The molecule has 0 saturated heterocycles. The lowest BCUT2D eigenvalue weighted by Crippen LogP contribution is -2.15. The van der Waals surface area contributed by atoms with Crippen molar-refractivity contribution in [2.24, 2.45) is 12.8 Å². The number of nitrogens with two attached hydrogens (primary N) is 1. The molecule has 0 aliphatic carbocycles. The number of primary amides is 1. The maximum atomic E-state index is 10.6. The molecule has 1 aromatic rings. The van der Waals surface area contributed by atoms with Crippen LogP contribution in [0.3, 0.4) is 0 Å². The van der Waals surface area contributed by atoms with Crippen molar-refractivity contribution in [2.45, 2.75) is 20.8 Å². The lowest BCUT2D eigenvalue weighted by molar-refractivity contribution is 0.0992. The third-order valence-electron chi connectivity index (χ3n) is 1.47.